The van der Waals surface area contributed by atoms with Crippen LogP contribution in [0.25, 0.3) is 0 Å². The van der Waals surface area contributed by atoms with Crippen molar-refractivity contribution < 1.29 is 14.1 Å². The van der Waals surface area contributed by atoms with Crippen molar-refractivity contribution >= 4 is 5.97 Å². The predicted octanol–water partition coefficient (Wildman–Crippen LogP) is 2.54. The summed E-state index contributed by atoms with van der Waals surface area (Å²) < 4.78 is 9.81. The Kier molecular flexibility index (Phi) is 4.95. The molecular weight excluding hydrogens is 208 g/mol. The van der Waals surface area contributed by atoms with Crippen LogP contribution in [0.3, 0.4) is 0 Å². The summed E-state index contributed by atoms with van der Waals surface area (Å²) in [5.41, 5.74) is 0. The van der Waals surface area contributed by atoms with Crippen molar-refractivity contribution in [3.8, 4) is 0 Å². The van der Waals surface area contributed by atoms with E-state index < -0.39 is 5.97 Å². The summed E-state index contributed by atoms with van der Waals surface area (Å²) in [6.07, 6.45) is 3.22. The molecule has 1 aromatic rings. The third kappa shape index (κ3) is 3.32. The maximum Gasteiger partial charge on any atom is 0.379 e. The molecule has 0 fully saturated rings. The lowest BCUT2D eigenvalue weighted by molar-refractivity contribution is 0.0508. The monoisotopic (exact) mass is 226 g/mol. The largest absolute Gasteiger partial charge is 0.460 e. The molecule has 0 radical (unpaired) electrons. The number of esters is 1. The van der Waals surface area contributed by atoms with Gasteiger partial charge in [0.1, 0.15) is 0 Å². The van der Waals surface area contributed by atoms with Gasteiger partial charge in [0.25, 0.3) is 5.82 Å². The van der Waals surface area contributed by atoms with Crippen LogP contribution in [0.5, 0.6) is 0 Å². The first-order valence-electron chi connectivity index (χ1n) is 5.69. The number of ether oxygens (including phenoxy) is 1. The molecule has 1 atom stereocenters. The molecule has 0 amide bonds. The Morgan fingerprint density at radius 3 is 2.88 bits per heavy atom. The molecule has 5 heteroatoms. The van der Waals surface area contributed by atoms with Gasteiger partial charge in [0.05, 0.1) is 6.61 Å². The zero-order valence-electron chi connectivity index (χ0n) is 10.0. The van der Waals surface area contributed by atoms with Gasteiger partial charge in [-0.3, -0.25) is 0 Å². The van der Waals surface area contributed by atoms with Crippen LogP contribution in [0, 0.1) is 0 Å². The molecule has 5 nitrogen and oxygen atoms in total. The van der Waals surface area contributed by atoms with Crippen molar-refractivity contribution in [2.24, 2.45) is 0 Å². The Hall–Kier alpha value is -1.39. The third-order valence-electron chi connectivity index (χ3n) is 2.31. The molecule has 0 bridgehead atoms. The van der Waals surface area contributed by atoms with Crippen LogP contribution in [-0.2, 0) is 4.74 Å². The fourth-order valence-electron chi connectivity index (χ4n) is 1.35. The van der Waals surface area contributed by atoms with Crippen molar-refractivity contribution in [3.05, 3.63) is 11.7 Å². The van der Waals surface area contributed by atoms with Crippen LogP contribution in [0.1, 0.15) is 62.5 Å². The highest BCUT2D eigenvalue weighted by atomic mass is 16.5. The summed E-state index contributed by atoms with van der Waals surface area (Å²) >= 11 is 0. The quantitative estimate of drug-likeness (QED) is 0.697. The minimum Gasteiger partial charge on any atom is -0.460 e. The Bertz CT molecular complexity index is 336. The SMILES string of the molecule is CCCCC(C)c1nc(C(=O)OCC)no1. The van der Waals surface area contributed by atoms with Gasteiger partial charge in [-0.25, -0.2) is 4.79 Å². The average Bonchev–Trinajstić information content (AvgIpc) is 2.75. The number of hydrogen-bond donors (Lipinski definition) is 0. The van der Waals surface area contributed by atoms with Crippen LogP contribution < -0.4 is 0 Å². The molecule has 0 aliphatic carbocycles. The van der Waals surface area contributed by atoms with E-state index in [1.165, 1.54) is 0 Å². The Morgan fingerprint density at radius 1 is 1.50 bits per heavy atom. The van der Waals surface area contributed by atoms with E-state index in [4.69, 9.17) is 9.26 Å². The highest BCUT2D eigenvalue weighted by Gasteiger charge is 2.18. The van der Waals surface area contributed by atoms with Crippen LogP contribution in [-0.4, -0.2) is 22.7 Å². The van der Waals surface area contributed by atoms with Crippen LogP contribution >= 0.6 is 0 Å². The fourth-order valence-corrected chi connectivity index (χ4v) is 1.35. The summed E-state index contributed by atoms with van der Waals surface area (Å²) in [5, 5.41) is 3.60. The zero-order valence-corrected chi connectivity index (χ0v) is 10.0. The number of unbranched alkanes of at least 4 members (excludes halogenated alkanes) is 1. The first kappa shape index (κ1) is 12.7. The highest BCUT2D eigenvalue weighted by Crippen LogP contribution is 2.19. The van der Waals surface area contributed by atoms with Gasteiger partial charge < -0.3 is 9.26 Å². The summed E-state index contributed by atoms with van der Waals surface area (Å²) in [6.45, 7) is 6.19. The van der Waals surface area contributed by atoms with Crippen molar-refractivity contribution in [2.45, 2.75) is 46.0 Å². The first-order chi connectivity index (χ1) is 7.69. The Morgan fingerprint density at radius 2 is 2.25 bits per heavy atom. The van der Waals surface area contributed by atoms with Gasteiger partial charge in [0.2, 0.25) is 5.89 Å². The van der Waals surface area contributed by atoms with Crippen LogP contribution in [0.4, 0.5) is 0 Å². The fraction of sp³-hybridized carbons (Fsp3) is 0.727. The molecule has 0 aliphatic heterocycles. The van der Waals surface area contributed by atoms with Gasteiger partial charge in [0, 0.05) is 5.92 Å². The lowest BCUT2D eigenvalue weighted by atomic mass is 10.0. The van der Waals surface area contributed by atoms with E-state index in [9.17, 15) is 4.79 Å². The Labute approximate surface area is 95.2 Å². The number of nitrogens with zero attached hydrogens (tertiary/aromatic N) is 2. The molecule has 0 aromatic carbocycles. The van der Waals surface area contributed by atoms with E-state index in [1.807, 2.05) is 6.92 Å². The second-order valence-corrected chi connectivity index (χ2v) is 3.72. The molecule has 90 valence electrons. The van der Waals surface area contributed by atoms with Gasteiger partial charge in [0.15, 0.2) is 0 Å². The molecule has 0 N–H and O–H groups in total. The molecule has 1 rings (SSSR count). The standard InChI is InChI=1S/C11H18N2O3/c1-4-6-7-8(3)10-12-9(13-16-10)11(14)15-5-2/h8H,4-7H2,1-3H3. The van der Waals surface area contributed by atoms with Crippen molar-refractivity contribution in [1.29, 1.82) is 0 Å². The minimum absolute atomic E-state index is 0.0141. The number of aromatic nitrogens is 2. The summed E-state index contributed by atoms with van der Waals surface area (Å²) in [5.74, 6) is 0.188. The van der Waals surface area contributed by atoms with Crippen molar-refractivity contribution in [2.75, 3.05) is 6.61 Å². The molecule has 0 saturated heterocycles. The van der Waals surface area contributed by atoms with Gasteiger partial charge in [-0.1, -0.05) is 26.7 Å². The Balaban J connectivity index is 2.59. The lowest BCUT2D eigenvalue weighted by Gasteiger charge is -2.03. The number of rotatable bonds is 6. The zero-order chi connectivity index (χ0) is 12.0. The number of carbonyl (C=O) groups excluding carboxylic acids is 1. The minimum atomic E-state index is -0.528. The van der Waals surface area contributed by atoms with Gasteiger partial charge in [-0.05, 0) is 18.5 Å². The molecule has 0 spiro atoms. The smallest absolute Gasteiger partial charge is 0.379 e. The second kappa shape index (κ2) is 6.25. The van der Waals surface area contributed by atoms with Gasteiger partial charge >= 0.3 is 5.97 Å². The van der Waals surface area contributed by atoms with Crippen molar-refractivity contribution in [3.63, 3.8) is 0 Å². The molecule has 1 unspecified atom stereocenters. The average molecular weight is 226 g/mol. The maximum atomic E-state index is 11.3. The van der Waals surface area contributed by atoms with E-state index >= 15 is 0 Å². The third-order valence-corrected chi connectivity index (χ3v) is 2.31. The predicted molar refractivity (Wildman–Crippen MR) is 58.2 cm³/mol. The molecule has 0 aliphatic rings. The van der Waals surface area contributed by atoms with E-state index in [2.05, 4.69) is 17.1 Å². The van der Waals surface area contributed by atoms with Crippen LogP contribution in [0.2, 0.25) is 0 Å². The molecular formula is C11H18N2O3. The van der Waals surface area contributed by atoms with E-state index in [0.29, 0.717) is 12.5 Å². The summed E-state index contributed by atoms with van der Waals surface area (Å²) in [6, 6.07) is 0. The molecule has 1 aromatic heterocycles. The molecule has 0 saturated carbocycles. The van der Waals surface area contributed by atoms with E-state index in [1.54, 1.807) is 6.92 Å². The second-order valence-electron chi connectivity index (χ2n) is 3.72. The van der Waals surface area contributed by atoms with Crippen LogP contribution in [0.15, 0.2) is 4.52 Å². The van der Waals surface area contributed by atoms with E-state index in [-0.39, 0.29) is 11.7 Å². The normalized spacial score (nSPS) is 12.4. The highest BCUT2D eigenvalue weighted by molar-refractivity contribution is 5.84. The van der Waals surface area contributed by atoms with E-state index in [0.717, 1.165) is 19.3 Å². The van der Waals surface area contributed by atoms with Gasteiger partial charge in [-0.2, -0.15) is 4.98 Å². The first-order valence-corrected chi connectivity index (χ1v) is 5.69. The summed E-state index contributed by atoms with van der Waals surface area (Å²) in [7, 11) is 0. The number of carbonyl (C=O) groups is 1. The molecule has 16 heavy (non-hydrogen) atoms. The maximum absolute atomic E-state index is 11.3. The summed E-state index contributed by atoms with van der Waals surface area (Å²) in [4.78, 5) is 15.3. The topological polar surface area (TPSA) is 65.2 Å². The number of hydrogen-bond acceptors (Lipinski definition) is 5. The lowest BCUT2D eigenvalue weighted by Crippen LogP contribution is -2.07. The van der Waals surface area contributed by atoms with Gasteiger partial charge in [-0.15, -0.1) is 0 Å². The van der Waals surface area contributed by atoms with Crippen molar-refractivity contribution in [1.82, 2.24) is 10.1 Å². The molecule has 1 heterocycles.